The largest absolute Gasteiger partial charge is 0.550 e. The number of allylic oxidation sites excluding steroid dienone is 1. The Hall–Kier alpha value is -1.37. The lowest BCUT2D eigenvalue weighted by atomic mass is 9.73. The maximum atomic E-state index is 10.9. The van der Waals surface area contributed by atoms with Crippen molar-refractivity contribution in [3.63, 3.8) is 0 Å². The van der Waals surface area contributed by atoms with E-state index in [0.29, 0.717) is 17.9 Å². The van der Waals surface area contributed by atoms with Crippen LogP contribution in [0.15, 0.2) is 23.0 Å². The van der Waals surface area contributed by atoms with E-state index in [9.17, 15) is 20.1 Å². The minimum absolute atomic E-state index is 0.127. The Kier molecular flexibility index (Phi) is 6.80. The van der Waals surface area contributed by atoms with Crippen LogP contribution in [-0.4, -0.2) is 47.1 Å². The number of aliphatic carboxylic acids is 1. The van der Waals surface area contributed by atoms with Crippen molar-refractivity contribution in [3.8, 4) is 0 Å². The summed E-state index contributed by atoms with van der Waals surface area (Å²) in [5.41, 5.74) is -0.193. The summed E-state index contributed by atoms with van der Waals surface area (Å²) in [7, 11) is 0. The highest BCUT2D eigenvalue weighted by atomic mass is 16.5. The zero-order valence-corrected chi connectivity index (χ0v) is 14.5. The van der Waals surface area contributed by atoms with Gasteiger partial charge in [0, 0.05) is 30.9 Å². The summed E-state index contributed by atoms with van der Waals surface area (Å²) in [5, 5.41) is 34.6. The molecule has 1 aliphatic carbocycles. The quantitative estimate of drug-likeness (QED) is 0.585. The Labute approximate surface area is 137 Å². The second-order valence-corrected chi connectivity index (χ2v) is 6.60. The van der Waals surface area contributed by atoms with Gasteiger partial charge in [-0.15, -0.1) is 0 Å². The maximum Gasteiger partial charge on any atom is 0.118 e. The number of nitrogens with one attached hydrogen (secondary N) is 1. The number of ether oxygens (including phenoxy) is 1. The van der Waals surface area contributed by atoms with Gasteiger partial charge in [-0.1, -0.05) is 20.8 Å². The number of hydrogen-bond donors (Lipinski definition) is 3. The predicted molar refractivity (Wildman–Crippen MR) is 85.3 cm³/mol. The SMILES string of the molecule is CC1=CC(OCC(O)CNC(C)C)=C(C)C(C)C1(O)CC(=O)[O-]. The molecule has 0 saturated heterocycles. The number of aliphatic hydroxyl groups excluding tert-OH is 1. The number of aliphatic hydroxyl groups is 2. The molecule has 3 N–H and O–H groups in total. The normalized spacial score (nSPS) is 26.3. The molecule has 0 aromatic rings. The van der Waals surface area contributed by atoms with E-state index < -0.39 is 30.0 Å². The van der Waals surface area contributed by atoms with Gasteiger partial charge in [0.1, 0.15) is 18.5 Å². The van der Waals surface area contributed by atoms with Gasteiger partial charge in [-0.05, 0) is 31.1 Å². The van der Waals surface area contributed by atoms with E-state index in [1.807, 2.05) is 13.8 Å². The molecule has 1 aliphatic rings. The number of rotatable bonds is 8. The molecule has 0 aromatic heterocycles. The lowest BCUT2D eigenvalue weighted by molar-refractivity contribution is -0.309. The van der Waals surface area contributed by atoms with Crippen molar-refractivity contribution in [2.45, 2.75) is 58.8 Å². The molecule has 1 rings (SSSR count). The van der Waals surface area contributed by atoms with Crippen molar-refractivity contribution in [3.05, 3.63) is 23.0 Å². The molecule has 3 atom stereocenters. The van der Waals surface area contributed by atoms with Crippen LogP contribution in [0.5, 0.6) is 0 Å². The average Bonchev–Trinajstić information content (AvgIpc) is 2.45. The summed E-state index contributed by atoms with van der Waals surface area (Å²) in [6, 6.07) is 0.280. The van der Waals surface area contributed by atoms with E-state index >= 15 is 0 Å². The van der Waals surface area contributed by atoms with E-state index in [0.717, 1.165) is 5.57 Å². The van der Waals surface area contributed by atoms with Crippen molar-refractivity contribution in [1.29, 1.82) is 0 Å². The van der Waals surface area contributed by atoms with Gasteiger partial charge in [0.05, 0.1) is 5.60 Å². The topological polar surface area (TPSA) is 102 Å². The lowest BCUT2D eigenvalue weighted by Crippen LogP contribution is -2.45. The number of carbonyl (C=O) groups excluding carboxylic acids is 1. The summed E-state index contributed by atoms with van der Waals surface area (Å²) in [6.45, 7) is 9.77. The van der Waals surface area contributed by atoms with Crippen LogP contribution in [0.25, 0.3) is 0 Å². The van der Waals surface area contributed by atoms with Crippen LogP contribution in [-0.2, 0) is 9.53 Å². The van der Waals surface area contributed by atoms with Crippen molar-refractivity contribution >= 4 is 5.97 Å². The number of hydrogen-bond acceptors (Lipinski definition) is 6. The highest BCUT2D eigenvalue weighted by molar-refractivity contribution is 5.67. The maximum absolute atomic E-state index is 10.9. The molecule has 0 heterocycles. The van der Waals surface area contributed by atoms with Gasteiger partial charge in [0.15, 0.2) is 0 Å². The van der Waals surface area contributed by atoms with Crippen LogP contribution >= 0.6 is 0 Å². The summed E-state index contributed by atoms with van der Waals surface area (Å²) in [4.78, 5) is 10.9. The molecule has 6 nitrogen and oxygen atoms in total. The first-order valence-corrected chi connectivity index (χ1v) is 7.94. The molecular formula is C17H28NO5-. The molecule has 0 radical (unpaired) electrons. The average molecular weight is 326 g/mol. The summed E-state index contributed by atoms with van der Waals surface area (Å²) >= 11 is 0. The minimum Gasteiger partial charge on any atom is -0.550 e. The van der Waals surface area contributed by atoms with Crippen molar-refractivity contribution in [2.24, 2.45) is 5.92 Å². The molecule has 132 valence electrons. The fourth-order valence-electron chi connectivity index (χ4n) is 2.63. The monoisotopic (exact) mass is 326 g/mol. The van der Waals surface area contributed by atoms with Gasteiger partial charge in [-0.2, -0.15) is 0 Å². The Bertz CT molecular complexity index is 497. The summed E-state index contributed by atoms with van der Waals surface area (Å²) in [6.07, 6.45) is 0.536. The molecule has 23 heavy (non-hydrogen) atoms. The van der Waals surface area contributed by atoms with Crippen LogP contribution in [0.3, 0.4) is 0 Å². The molecule has 3 unspecified atom stereocenters. The number of carbonyl (C=O) groups is 1. The Balaban J connectivity index is 2.76. The van der Waals surface area contributed by atoms with Gasteiger partial charge in [0.25, 0.3) is 0 Å². The first-order chi connectivity index (χ1) is 10.6. The summed E-state index contributed by atoms with van der Waals surface area (Å²) in [5.74, 6) is -1.13. The highest BCUT2D eigenvalue weighted by Gasteiger charge is 2.40. The second-order valence-electron chi connectivity index (χ2n) is 6.60. The Morgan fingerprint density at radius 3 is 2.61 bits per heavy atom. The first kappa shape index (κ1) is 19.7. The number of carboxylic acids is 1. The van der Waals surface area contributed by atoms with Crippen LogP contribution < -0.4 is 10.4 Å². The standard InChI is InChI=1S/C17H29NO5/c1-10(2)18-8-14(19)9-23-15-6-11(3)17(22,7-16(20)21)13(5)12(15)4/h6,10,13-14,18-19,22H,7-9H2,1-5H3,(H,20,21)/p-1. The van der Waals surface area contributed by atoms with Crippen molar-refractivity contribution in [2.75, 3.05) is 13.2 Å². The molecule has 0 amide bonds. The smallest absolute Gasteiger partial charge is 0.118 e. The van der Waals surface area contributed by atoms with Crippen LogP contribution in [0.1, 0.15) is 41.0 Å². The van der Waals surface area contributed by atoms with E-state index in [-0.39, 0.29) is 12.6 Å². The minimum atomic E-state index is -1.46. The van der Waals surface area contributed by atoms with E-state index in [4.69, 9.17) is 4.74 Å². The second kappa shape index (κ2) is 7.95. The molecule has 0 aliphatic heterocycles. The molecule has 0 fully saturated rings. The lowest BCUT2D eigenvalue weighted by Gasteiger charge is -2.40. The molecule has 6 heteroatoms. The van der Waals surface area contributed by atoms with Crippen molar-refractivity contribution < 1.29 is 24.9 Å². The van der Waals surface area contributed by atoms with Gasteiger partial charge in [-0.25, -0.2) is 0 Å². The fourth-order valence-corrected chi connectivity index (χ4v) is 2.63. The zero-order chi connectivity index (χ0) is 17.8. The Morgan fingerprint density at radius 1 is 1.48 bits per heavy atom. The van der Waals surface area contributed by atoms with E-state index in [2.05, 4.69) is 5.32 Å². The summed E-state index contributed by atoms with van der Waals surface area (Å²) < 4.78 is 5.67. The zero-order valence-electron chi connectivity index (χ0n) is 14.5. The van der Waals surface area contributed by atoms with Crippen LogP contribution in [0.4, 0.5) is 0 Å². The van der Waals surface area contributed by atoms with E-state index in [1.165, 1.54) is 0 Å². The van der Waals surface area contributed by atoms with Crippen LogP contribution in [0, 0.1) is 5.92 Å². The molecule has 0 spiro atoms. The van der Waals surface area contributed by atoms with Crippen molar-refractivity contribution in [1.82, 2.24) is 5.32 Å². The van der Waals surface area contributed by atoms with Gasteiger partial charge in [0.2, 0.25) is 0 Å². The first-order valence-electron chi connectivity index (χ1n) is 7.94. The third kappa shape index (κ3) is 5.06. The highest BCUT2D eigenvalue weighted by Crippen LogP contribution is 2.40. The van der Waals surface area contributed by atoms with E-state index in [1.54, 1.807) is 26.8 Å². The molecule has 0 saturated carbocycles. The third-order valence-electron chi connectivity index (χ3n) is 4.39. The van der Waals surface area contributed by atoms with Gasteiger partial charge < -0.3 is 30.2 Å². The Morgan fingerprint density at radius 2 is 2.09 bits per heavy atom. The third-order valence-corrected chi connectivity index (χ3v) is 4.39. The van der Waals surface area contributed by atoms with Crippen LogP contribution in [0.2, 0.25) is 0 Å². The van der Waals surface area contributed by atoms with Gasteiger partial charge >= 0.3 is 0 Å². The molecule has 0 bridgehead atoms. The predicted octanol–water partition coefficient (Wildman–Crippen LogP) is 0.103. The fraction of sp³-hybridized carbons (Fsp3) is 0.706. The molecular weight excluding hydrogens is 298 g/mol. The van der Waals surface area contributed by atoms with Gasteiger partial charge in [-0.3, -0.25) is 0 Å². The molecule has 0 aromatic carbocycles. The number of carboxylic acid groups (broad SMARTS) is 1.